The maximum absolute atomic E-state index is 11.6. The Morgan fingerprint density at radius 1 is 1.16 bits per heavy atom. The van der Waals surface area contributed by atoms with Crippen molar-refractivity contribution in [2.24, 2.45) is 5.92 Å². The van der Waals surface area contributed by atoms with Gasteiger partial charge in [0.15, 0.2) is 5.11 Å². The van der Waals surface area contributed by atoms with Crippen molar-refractivity contribution < 1.29 is 9.53 Å². The maximum atomic E-state index is 11.6. The predicted octanol–water partition coefficient (Wildman–Crippen LogP) is 4.03. The van der Waals surface area contributed by atoms with Gasteiger partial charge in [-0.3, -0.25) is 0 Å². The Labute approximate surface area is 154 Å². The molecule has 0 heterocycles. The number of carbonyl (C=O) groups is 1. The van der Waals surface area contributed by atoms with Gasteiger partial charge >= 0.3 is 5.97 Å². The molecule has 0 aliphatic carbocycles. The fourth-order valence-electron chi connectivity index (χ4n) is 2.56. The van der Waals surface area contributed by atoms with Crippen LogP contribution < -0.4 is 10.6 Å². The lowest BCUT2D eigenvalue weighted by Crippen LogP contribution is -2.33. The summed E-state index contributed by atoms with van der Waals surface area (Å²) in [6, 6.07) is 17.6. The van der Waals surface area contributed by atoms with Gasteiger partial charge in [0.25, 0.3) is 0 Å². The zero-order chi connectivity index (χ0) is 18.1. The van der Waals surface area contributed by atoms with E-state index in [0.29, 0.717) is 16.6 Å². The number of methoxy groups -OCH3 is 1. The van der Waals surface area contributed by atoms with Crippen LogP contribution in [0.2, 0.25) is 0 Å². The quantitative estimate of drug-likeness (QED) is 0.579. The van der Waals surface area contributed by atoms with Gasteiger partial charge in [-0.05, 0) is 48.3 Å². The van der Waals surface area contributed by atoms with Gasteiger partial charge in [-0.2, -0.15) is 0 Å². The van der Waals surface area contributed by atoms with Crippen LogP contribution >= 0.6 is 12.2 Å². The molecule has 0 amide bonds. The molecule has 0 aliphatic rings. The second-order valence-corrected chi connectivity index (χ2v) is 6.28. The zero-order valence-electron chi connectivity index (χ0n) is 14.6. The van der Waals surface area contributed by atoms with Crippen LogP contribution in [0.5, 0.6) is 0 Å². The molecular formula is C20H24N2O2S. The summed E-state index contributed by atoms with van der Waals surface area (Å²) in [6.45, 7) is 2.99. The van der Waals surface area contributed by atoms with Gasteiger partial charge in [-0.1, -0.05) is 49.7 Å². The molecule has 0 aromatic heterocycles. The van der Waals surface area contributed by atoms with Gasteiger partial charge in [0.1, 0.15) is 0 Å². The molecule has 2 rings (SSSR count). The fourth-order valence-corrected chi connectivity index (χ4v) is 2.76. The van der Waals surface area contributed by atoms with Crippen molar-refractivity contribution in [2.45, 2.75) is 19.8 Å². The van der Waals surface area contributed by atoms with Crippen molar-refractivity contribution in [1.82, 2.24) is 5.32 Å². The molecule has 2 aromatic carbocycles. The van der Waals surface area contributed by atoms with Crippen LogP contribution in [0.3, 0.4) is 0 Å². The average Bonchev–Trinajstić information content (AvgIpc) is 2.65. The van der Waals surface area contributed by atoms with E-state index in [1.807, 2.05) is 12.1 Å². The first-order valence-electron chi connectivity index (χ1n) is 8.39. The predicted molar refractivity (Wildman–Crippen MR) is 106 cm³/mol. The van der Waals surface area contributed by atoms with Crippen LogP contribution in [-0.4, -0.2) is 24.7 Å². The summed E-state index contributed by atoms with van der Waals surface area (Å²) >= 11 is 5.37. The van der Waals surface area contributed by atoms with Crippen molar-refractivity contribution in [3.8, 4) is 0 Å². The van der Waals surface area contributed by atoms with Gasteiger partial charge in [-0.15, -0.1) is 0 Å². The highest BCUT2D eigenvalue weighted by Crippen LogP contribution is 2.13. The molecule has 5 heteroatoms. The smallest absolute Gasteiger partial charge is 0.337 e. The molecule has 132 valence electrons. The van der Waals surface area contributed by atoms with Crippen LogP contribution in [0, 0.1) is 5.92 Å². The van der Waals surface area contributed by atoms with E-state index >= 15 is 0 Å². The van der Waals surface area contributed by atoms with Crippen molar-refractivity contribution in [1.29, 1.82) is 0 Å². The van der Waals surface area contributed by atoms with Crippen LogP contribution in [-0.2, 0) is 11.2 Å². The van der Waals surface area contributed by atoms with E-state index in [1.165, 1.54) is 12.7 Å². The van der Waals surface area contributed by atoms with Gasteiger partial charge in [0, 0.05) is 12.2 Å². The Balaban J connectivity index is 1.86. The molecule has 0 spiro atoms. The summed E-state index contributed by atoms with van der Waals surface area (Å²) in [5, 5.41) is 6.94. The van der Waals surface area contributed by atoms with Crippen molar-refractivity contribution in [3.05, 3.63) is 65.7 Å². The summed E-state index contributed by atoms with van der Waals surface area (Å²) in [6.07, 6.45) is 2.09. The van der Waals surface area contributed by atoms with Crippen LogP contribution in [0.4, 0.5) is 5.69 Å². The minimum atomic E-state index is -0.364. The number of carbonyl (C=O) groups excluding carboxylic acids is 1. The molecule has 0 radical (unpaired) electrons. The number of rotatable bonds is 7. The fraction of sp³-hybridized carbons (Fsp3) is 0.300. The number of ether oxygens (including phenoxy) is 1. The molecule has 1 unspecified atom stereocenters. The Morgan fingerprint density at radius 2 is 1.92 bits per heavy atom. The third-order valence-corrected chi connectivity index (χ3v) is 4.28. The van der Waals surface area contributed by atoms with Crippen molar-refractivity contribution >= 4 is 29.0 Å². The monoisotopic (exact) mass is 356 g/mol. The summed E-state index contributed by atoms with van der Waals surface area (Å²) in [7, 11) is 1.37. The Bertz CT molecular complexity index is 704. The first-order valence-corrected chi connectivity index (χ1v) is 8.80. The molecule has 4 nitrogen and oxygen atoms in total. The summed E-state index contributed by atoms with van der Waals surface area (Å²) in [5.74, 6) is 0.139. The van der Waals surface area contributed by atoms with E-state index < -0.39 is 0 Å². The highest BCUT2D eigenvalue weighted by atomic mass is 32.1. The third-order valence-electron chi connectivity index (χ3n) is 4.04. The number of anilines is 1. The minimum Gasteiger partial charge on any atom is -0.465 e. The molecule has 0 aliphatic heterocycles. The number of hydrogen-bond acceptors (Lipinski definition) is 3. The molecule has 2 aromatic rings. The number of hydrogen-bond donors (Lipinski definition) is 2. The molecule has 0 saturated carbocycles. The minimum absolute atomic E-state index is 0.364. The maximum Gasteiger partial charge on any atom is 0.337 e. The van der Waals surface area contributed by atoms with Crippen LogP contribution in [0.15, 0.2) is 54.6 Å². The van der Waals surface area contributed by atoms with Gasteiger partial charge < -0.3 is 15.4 Å². The van der Waals surface area contributed by atoms with E-state index in [4.69, 9.17) is 17.0 Å². The normalized spacial score (nSPS) is 11.4. The number of esters is 1. The summed E-state index contributed by atoms with van der Waals surface area (Å²) < 4.78 is 4.73. The lowest BCUT2D eigenvalue weighted by atomic mass is 9.97. The molecular weight excluding hydrogens is 332 g/mol. The van der Waals surface area contributed by atoms with E-state index in [-0.39, 0.29) is 5.97 Å². The first-order chi connectivity index (χ1) is 12.1. The van der Waals surface area contributed by atoms with E-state index in [0.717, 1.165) is 25.1 Å². The van der Waals surface area contributed by atoms with Crippen LogP contribution in [0.1, 0.15) is 29.3 Å². The SMILES string of the molecule is CCC(CNC(=S)Nc1cccc(C(=O)OC)c1)Cc1ccccc1. The van der Waals surface area contributed by atoms with E-state index in [9.17, 15) is 4.79 Å². The van der Waals surface area contributed by atoms with E-state index in [1.54, 1.807) is 18.2 Å². The van der Waals surface area contributed by atoms with Crippen molar-refractivity contribution in [3.63, 3.8) is 0 Å². The largest absolute Gasteiger partial charge is 0.465 e. The summed E-state index contributed by atoms with van der Waals surface area (Å²) in [4.78, 5) is 11.6. The molecule has 1 atom stereocenters. The van der Waals surface area contributed by atoms with E-state index in [2.05, 4.69) is 41.8 Å². The Morgan fingerprint density at radius 3 is 2.60 bits per heavy atom. The first kappa shape index (κ1) is 18.9. The average molecular weight is 356 g/mol. The van der Waals surface area contributed by atoms with Crippen molar-refractivity contribution in [2.75, 3.05) is 19.0 Å². The zero-order valence-corrected chi connectivity index (χ0v) is 15.4. The summed E-state index contributed by atoms with van der Waals surface area (Å²) in [5.41, 5.74) is 2.59. The molecule has 25 heavy (non-hydrogen) atoms. The molecule has 0 bridgehead atoms. The van der Waals surface area contributed by atoms with Gasteiger partial charge in [-0.25, -0.2) is 4.79 Å². The van der Waals surface area contributed by atoms with Gasteiger partial charge in [0.2, 0.25) is 0 Å². The topological polar surface area (TPSA) is 50.4 Å². The lowest BCUT2D eigenvalue weighted by Gasteiger charge is -2.18. The lowest BCUT2D eigenvalue weighted by molar-refractivity contribution is 0.0601. The second-order valence-electron chi connectivity index (χ2n) is 5.87. The second kappa shape index (κ2) is 9.79. The number of nitrogens with one attached hydrogen (secondary N) is 2. The standard InChI is InChI=1S/C20H24N2O2S/c1-3-15(12-16-8-5-4-6-9-16)14-21-20(25)22-18-11-7-10-17(13-18)19(23)24-2/h4-11,13,15H,3,12,14H2,1-2H3,(H2,21,22,25). The number of benzene rings is 2. The molecule has 2 N–H and O–H groups in total. The molecule has 0 saturated heterocycles. The highest BCUT2D eigenvalue weighted by molar-refractivity contribution is 7.80. The molecule has 0 fully saturated rings. The number of thiocarbonyl (C=S) groups is 1. The third kappa shape index (κ3) is 6.19. The Hall–Kier alpha value is -2.40. The Kier molecular flexibility index (Phi) is 7.41. The highest BCUT2D eigenvalue weighted by Gasteiger charge is 2.09. The van der Waals surface area contributed by atoms with Crippen LogP contribution in [0.25, 0.3) is 0 Å². The van der Waals surface area contributed by atoms with Gasteiger partial charge in [0.05, 0.1) is 12.7 Å².